The number of hydrogen-bond acceptors (Lipinski definition) is 2. The summed E-state index contributed by atoms with van der Waals surface area (Å²) in [6.07, 6.45) is 0.0448. The van der Waals surface area contributed by atoms with Gasteiger partial charge < -0.3 is 9.84 Å². The highest BCUT2D eigenvalue weighted by atomic mass is 16.5. The number of aryl methyl sites for hydroxylation is 2. The second-order valence-electron chi connectivity index (χ2n) is 5.55. The first kappa shape index (κ1) is 13.3. The molecule has 2 atom stereocenters. The molecule has 0 aliphatic carbocycles. The number of aliphatic hydroxyl groups excluding tert-OH is 1. The van der Waals surface area contributed by atoms with Crippen LogP contribution in [0.15, 0.2) is 42.5 Å². The lowest BCUT2D eigenvalue weighted by Gasteiger charge is -2.30. The van der Waals surface area contributed by atoms with Crippen molar-refractivity contribution in [3.05, 3.63) is 70.3 Å². The maximum atomic E-state index is 10.8. The minimum absolute atomic E-state index is 0.263. The predicted octanol–water partition coefficient (Wildman–Crippen LogP) is 3.65. The third-order valence-corrected chi connectivity index (χ3v) is 4.07. The van der Waals surface area contributed by atoms with Crippen LogP contribution in [-0.2, 0) is 11.2 Å². The Balaban J connectivity index is 1.99. The van der Waals surface area contributed by atoms with E-state index in [2.05, 4.69) is 30.3 Å². The van der Waals surface area contributed by atoms with E-state index in [0.717, 1.165) is 28.7 Å². The van der Waals surface area contributed by atoms with Crippen molar-refractivity contribution in [3.8, 4) is 0 Å². The van der Waals surface area contributed by atoms with E-state index in [-0.39, 0.29) is 6.10 Å². The third-order valence-electron chi connectivity index (χ3n) is 4.07. The number of ether oxygens (including phenoxy) is 1. The highest BCUT2D eigenvalue weighted by Gasteiger charge is 2.29. The number of benzene rings is 2. The molecule has 1 aliphatic heterocycles. The van der Waals surface area contributed by atoms with Gasteiger partial charge in [-0.05, 0) is 42.5 Å². The van der Waals surface area contributed by atoms with Gasteiger partial charge in [0, 0.05) is 0 Å². The Labute approximate surface area is 120 Å². The van der Waals surface area contributed by atoms with Crippen molar-refractivity contribution in [3.63, 3.8) is 0 Å². The molecule has 0 fully saturated rings. The van der Waals surface area contributed by atoms with Crippen molar-refractivity contribution in [2.24, 2.45) is 0 Å². The molecule has 2 nitrogen and oxygen atoms in total. The zero-order chi connectivity index (χ0) is 14.1. The molecular weight excluding hydrogens is 248 g/mol. The standard InChI is InChI=1S/C18H20O2/c1-12-7-8-13(2)16(11-12)17(19)18-15-6-4-3-5-14(15)9-10-20-18/h3-8,11,17-19H,9-10H2,1-2H3. The Bertz CT molecular complexity index is 619. The molecular formula is C18H20O2. The van der Waals surface area contributed by atoms with Gasteiger partial charge in [-0.3, -0.25) is 0 Å². The summed E-state index contributed by atoms with van der Waals surface area (Å²) < 4.78 is 5.87. The summed E-state index contributed by atoms with van der Waals surface area (Å²) in [6.45, 7) is 4.75. The molecule has 0 saturated carbocycles. The first-order chi connectivity index (χ1) is 9.66. The van der Waals surface area contributed by atoms with Gasteiger partial charge in [-0.1, -0.05) is 48.0 Å². The van der Waals surface area contributed by atoms with E-state index >= 15 is 0 Å². The topological polar surface area (TPSA) is 29.5 Å². The monoisotopic (exact) mass is 268 g/mol. The number of rotatable bonds is 2. The Hall–Kier alpha value is -1.64. The summed E-state index contributed by atoms with van der Waals surface area (Å²) in [5.41, 5.74) is 5.63. The van der Waals surface area contributed by atoms with Crippen LogP contribution in [0.4, 0.5) is 0 Å². The normalized spacial score (nSPS) is 19.4. The van der Waals surface area contributed by atoms with E-state index in [1.54, 1.807) is 0 Å². The summed E-state index contributed by atoms with van der Waals surface area (Å²) in [5, 5.41) is 10.8. The molecule has 2 unspecified atom stereocenters. The van der Waals surface area contributed by atoms with Gasteiger partial charge in [0.2, 0.25) is 0 Å². The maximum Gasteiger partial charge on any atom is 0.113 e. The molecule has 0 aromatic heterocycles. The van der Waals surface area contributed by atoms with Crippen molar-refractivity contribution in [2.45, 2.75) is 32.5 Å². The van der Waals surface area contributed by atoms with E-state index in [0.29, 0.717) is 6.61 Å². The molecule has 0 amide bonds. The van der Waals surface area contributed by atoms with Crippen LogP contribution in [0, 0.1) is 13.8 Å². The fourth-order valence-electron chi connectivity index (χ4n) is 2.93. The summed E-state index contributed by atoms with van der Waals surface area (Å²) in [5.74, 6) is 0. The van der Waals surface area contributed by atoms with E-state index in [9.17, 15) is 5.11 Å². The summed E-state index contributed by atoms with van der Waals surface area (Å²) >= 11 is 0. The minimum Gasteiger partial charge on any atom is -0.385 e. The van der Waals surface area contributed by atoms with Crippen molar-refractivity contribution in [2.75, 3.05) is 6.61 Å². The van der Waals surface area contributed by atoms with Gasteiger partial charge >= 0.3 is 0 Å². The molecule has 2 aromatic rings. The highest BCUT2D eigenvalue weighted by molar-refractivity contribution is 5.37. The maximum absolute atomic E-state index is 10.8. The largest absolute Gasteiger partial charge is 0.385 e. The van der Waals surface area contributed by atoms with Crippen LogP contribution in [0.3, 0.4) is 0 Å². The average molecular weight is 268 g/mol. The second kappa shape index (κ2) is 5.39. The van der Waals surface area contributed by atoms with Gasteiger partial charge in [-0.25, -0.2) is 0 Å². The number of hydrogen-bond donors (Lipinski definition) is 1. The van der Waals surface area contributed by atoms with Crippen molar-refractivity contribution < 1.29 is 9.84 Å². The van der Waals surface area contributed by atoms with Crippen molar-refractivity contribution >= 4 is 0 Å². The zero-order valence-electron chi connectivity index (χ0n) is 12.0. The van der Waals surface area contributed by atoms with E-state index < -0.39 is 6.10 Å². The first-order valence-electron chi connectivity index (χ1n) is 7.11. The molecule has 104 valence electrons. The molecule has 1 N–H and O–H groups in total. The quantitative estimate of drug-likeness (QED) is 0.901. The minimum atomic E-state index is -0.614. The lowest BCUT2D eigenvalue weighted by molar-refractivity contribution is -0.0485. The van der Waals surface area contributed by atoms with Crippen molar-refractivity contribution in [1.29, 1.82) is 0 Å². The van der Waals surface area contributed by atoms with Gasteiger partial charge in [0.1, 0.15) is 12.2 Å². The van der Waals surface area contributed by atoms with Gasteiger partial charge in [0.25, 0.3) is 0 Å². The summed E-state index contributed by atoms with van der Waals surface area (Å²) in [7, 11) is 0. The Morgan fingerprint density at radius 3 is 2.80 bits per heavy atom. The molecule has 1 heterocycles. The Kier molecular flexibility index (Phi) is 3.60. The fraction of sp³-hybridized carbons (Fsp3) is 0.333. The zero-order valence-corrected chi connectivity index (χ0v) is 12.0. The Morgan fingerprint density at radius 1 is 1.15 bits per heavy atom. The molecule has 2 aromatic carbocycles. The molecule has 0 radical (unpaired) electrons. The van der Waals surface area contributed by atoms with Crippen LogP contribution in [-0.4, -0.2) is 11.7 Å². The number of aliphatic hydroxyl groups is 1. The smallest absolute Gasteiger partial charge is 0.113 e. The molecule has 2 heteroatoms. The first-order valence-corrected chi connectivity index (χ1v) is 7.11. The molecule has 0 saturated heterocycles. The summed E-state index contributed by atoms with van der Waals surface area (Å²) in [4.78, 5) is 0. The Morgan fingerprint density at radius 2 is 1.95 bits per heavy atom. The third kappa shape index (κ3) is 2.37. The van der Waals surface area contributed by atoms with Gasteiger partial charge in [-0.15, -0.1) is 0 Å². The van der Waals surface area contributed by atoms with Crippen LogP contribution in [0.1, 0.15) is 40.0 Å². The van der Waals surface area contributed by atoms with Crippen molar-refractivity contribution in [1.82, 2.24) is 0 Å². The average Bonchev–Trinajstić information content (AvgIpc) is 2.48. The van der Waals surface area contributed by atoms with E-state index in [1.165, 1.54) is 5.56 Å². The lowest BCUT2D eigenvalue weighted by Crippen LogP contribution is -2.22. The summed E-state index contributed by atoms with van der Waals surface area (Å²) in [6, 6.07) is 14.4. The molecule has 0 bridgehead atoms. The van der Waals surface area contributed by atoms with Crippen LogP contribution in [0.5, 0.6) is 0 Å². The number of fused-ring (bicyclic) bond motifs is 1. The van der Waals surface area contributed by atoms with E-state index in [4.69, 9.17) is 4.74 Å². The molecule has 0 spiro atoms. The van der Waals surface area contributed by atoms with Crippen LogP contribution in [0.25, 0.3) is 0 Å². The SMILES string of the molecule is Cc1ccc(C)c(C(O)C2OCCc3ccccc32)c1. The van der Waals surface area contributed by atoms with Gasteiger partial charge in [0.05, 0.1) is 6.61 Å². The second-order valence-corrected chi connectivity index (χ2v) is 5.55. The van der Waals surface area contributed by atoms with E-state index in [1.807, 2.05) is 26.0 Å². The lowest BCUT2D eigenvalue weighted by atomic mass is 9.89. The predicted molar refractivity (Wildman–Crippen MR) is 79.7 cm³/mol. The fourth-order valence-corrected chi connectivity index (χ4v) is 2.93. The van der Waals surface area contributed by atoms with Crippen LogP contribution < -0.4 is 0 Å². The highest BCUT2D eigenvalue weighted by Crippen LogP contribution is 2.38. The van der Waals surface area contributed by atoms with Crippen LogP contribution >= 0.6 is 0 Å². The molecule has 20 heavy (non-hydrogen) atoms. The van der Waals surface area contributed by atoms with Gasteiger partial charge in [-0.2, -0.15) is 0 Å². The van der Waals surface area contributed by atoms with Crippen LogP contribution in [0.2, 0.25) is 0 Å². The van der Waals surface area contributed by atoms with Gasteiger partial charge in [0.15, 0.2) is 0 Å². The molecule has 3 rings (SSSR count). The molecule has 1 aliphatic rings.